The van der Waals surface area contributed by atoms with Gasteiger partial charge in [-0.1, -0.05) is 18.2 Å². The van der Waals surface area contributed by atoms with E-state index in [-0.39, 0.29) is 12.2 Å². The molecule has 1 saturated carbocycles. The van der Waals surface area contributed by atoms with E-state index in [4.69, 9.17) is 4.74 Å². The Labute approximate surface area is 97.3 Å². The second-order valence-corrected chi connectivity index (χ2v) is 4.87. The summed E-state index contributed by atoms with van der Waals surface area (Å²) in [5.41, 5.74) is 1.26. The lowest BCUT2D eigenvalue weighted by atomic mass is 9.96. The molecule has 1 fully saturated rings. The summed E-state index contributed by atoms with van der Waals surface area (Å²) in [5, 5.41) is 9.59. The molecule has 0 bridgehead atoms. The average molecular weight is 220 g/mol. The van der Waals surface area contributed by atoms with E-state index in [1.54, 1.807) is 0 Å². The van der Waals surface area contributed by atoms with Gasteiger partial charge in [0, 0.05) is 0 Å². The van der Waals surface area contributed by atoms with E-state index in [2.05, 4.69) is 6.07 Å². The monoisotopic (exact) mass is 220 g/mol. The highest BCUT2D eigenvalue weighted by Gasteiger charge is 2.26. The highest BCUT2D eigenvalue weighted by Crippen LogP contribution is 2.38. The summed E-state index contributed by atoms with van der Waals surface area (Å²) in [6, 6.07) is 8.21. The van der Waals surface area contributed by atoms with Gasteiger partial charge in [0.2, 0.25) is 0 Å². The number of benzene rings is 1. The first kappa shape index (κ1) is 11.5. The minimum Gasteiger partial charge on any atom is -0.491 e. The lowest BCUT2D eigenvalue weighted by Gasteiger charge is -2.18. The van der Waals surface area contributed by atoms with Gasteiger partial charge in [-0.25, -0.2) is 0 Å². The van der Waals surface area contributed by atoms with Crippen LogP contribution in [-0.4, -0.2) is 17.3 Å². The van der Waals surface area contributed by atoms with Crippen molar-refractivity contribution in [1.82, 2.24) is 0 Å². The minimum absolute atomic E-state index is 0.128. The first-order valence-corrected chi connectivity index (χ1v) is 6.10. The summed E-state index contributed by atoms with van der Waals surface area (Å²) in [6.07, 6.45) is 2.93. The third-order valence-electron chi connectivity index (χ3n) is 3.13. The maximum absolute atomic E-state index is 9.59. The molecule has 16 heavy (non-hydrogen) atoms. The van der Waals surface area contributed by atoms with E-state index in [0.29, 0.717) is 5.92 Å². The van der Waals surface area contributed by atoms with Crippen LogP contribution in [0, 0.1) is 0 Å². The summed E-state index contributed by atoms with van der Waals surface area (Å²) in [4.78, 5) is 0. The predicted octanol–water partition coefficient (Wildman–Crippen LogP) is 3.10. The van der Waals surface area contributed by atoms with Gasteiger partial charge in [0.05, 0.1) is 12.2 Å². The van der Waals surface area contributed by atoms with Gasteiger partial charge in [-0.3, -0.25) is 0 Å². The summed E-state index contributed by atoms with van der Waals surface area (Å²) in [6.45, 7) is 4.08. The summed E-state index contributed by atoms with van der Waals surface area (Å²) in [5.74, 6) is 1.45. The molecule has 0 heterocycles. The number of ether oxygens (including phenoxy) is 1. The molecule has 0 amide bonds. The second kappa shape index (κ2) is 4.88. The molecule has 2 nitrogen and oxygen atoms in total. The molecular formula is C14H20O2. The SMILES string of the molecule is CC(C)Oc1ccccc1C1CCC(O)C1. The average Bonchev–Trinajstić information content (AvgIpc) is 2.65. The normalized spacial score (nSPS) is 25.0. The van der Waals surface area contributed by atoms with Crippen molar-refractivity contribution in [2.45, 2.75) is 51.2 Å². The number of hydrogen-bond acceptors (Lipinski definition) is 2. The Hall–Kier alpha value is -1.02. The molecule has 1 aliphatic rings. The summed E-state index contributed by atoms with van der Waals surface area (Å²) < 4.78 is 5.81. The lowest BCUT2D eigenvalue weighted by Crippen LogP contribution is -2.09. The van der Waals surface area contributed by atoms with Crippen LogP contribution in [0.15, 0.2) is 24.3 Å². The number of aliphatic hydroxyl groups is 1. The molecule has 2 heteroatoms. The number of para-hydroxylation sites is 1. The quantitative estimate of drug-likeness (QED) is 0.848. The van der Waals surface area contributed by atoms with Gasteiger partial charge < -0.3 is 9.84 Å². The highest BCUT2D eigenvalue weighted by atomic mass is 16.5. The third-order valence-corrected chi connectivity index (χ3v) is 3.13. The van der Waals surface area contributed by atoms with Crippen LogP contribution in [0.1, 0.15) is 44.6 Å². The Morgan fingerprint density at radius 2 is 2.00 bits per heavy atom. The first-order chi connectivity index (χ1) is 7.66. The molecule has 1 aromatic rings. The predicted molar refractivity (Wildman–Crippen MR) is 64.8 cm³/mol. The third kappa shape index (κ3) is 2.56. The van der Waals surface area contributed by atoms with Crippen molar-refractivity contribution in [3.8, 4) is 5.75 Å². The molecule has 0 aromatic heterocycles. The molecule has 1 aliphatic carbocycles. The van der Waals surface area contributed by atoms with Crippen molar-refractivity contribution < 1.29 is 9.84 Å². The van der Waals surface area contributed by atoms with Crippen molar-refractivity contribution in [3.63, 3.8) is 0 Å². The summed E-state index contributed by atoms with van der Waals surface area (Å²) in [7, 11) is 0. The molecular weight excluding hydrogens is 200 g/mol. The molecule has 0 radical (unpaired) electrons. The Morgan fingerprint density at radius 1 is 1.25 bits per heavy atom. The van der Waals surface area contributed by atoms with Crippen molar-refractivity contribution in [1.29, 1.82) is 0 Å². The van der Waals surface area contributed by atoms with Crippen LogP contribution in [0.25, 0.3) is 0 Å². The van der Waals surface area contributed by atoms with E-state index < -0.39 is 0 Å². The van der Waals surface area contributed by atoms with E-state index in [1.807, 2.05) is 32.0 Å². The van der Waals surface area contributed by atoms with Crippen molar-refractivity contribution >= 4 is 0 Å². The molecule has 1 aromatic carbocycles. The molecule has 2 atom stereocenters. The van der Waals surface area contributed by atoms with E-state index in [9.17, 15) is 5.11 Å². The maximum atomic E-state index is 9.59. The molecule has 1 N–H and O–H groups in total. The Bertz CT molecular complexity index is 346. The fourth-order valence-electron chi connectivity index (χ4n) is 2.42. The smallest absolute Gasteiger partial charge is 0.123 e. The lowest BCUT2D eigenvalue weighted by molar-refractivity contribution is 0.181. The van der Waals surface area contributed by atoms with Crippen LogP contribution in [-0.2, 0) is 0 Å². The standard InChI is InChI=1S/C14H20O2/c1-10(2)16-14-6-4-3-5-13(14)11-7-8-12(15)9-11/h3-6,10-12,15H,7-9H2,1-2H3. The van der Waals surface area contributed by atoms with E-state index in [1.165, 1.54) is 5.56 Å². The van der Waals surface area contributed by atoms with Gasteiger partial charge in [-0.15, -0.1) is 0 Å². The van der Waals surface area contributed by atoms with Crippen LogP contribution >= 0.6 is 0 Å². The Balaban J connectivity index is 2.19. The molecule has 2 rings (SSSR count). The van der Waals surface area contributed by atoms with Gasteiger partial charge in [0.15, 0.2) is 0 Å². The zero-order valence-electron chi connectivity index (χ0n) is 10.0. The maximum Gasteiger partial charge on any atom is 0.123 e. The van der Waals surface area contributed by atoms with Crippen LogP contribution in [0.4, 0.5) is 0 Å². The molecule has 0 aliphatic heterocycles. The van der Waals surface area contributed by atoms with Gasteiger partial charge >= 0.3 is 0 Å². The molecule has 0 saturated heterocycles. The first-order valence-electron chi connectivity index (χ1n) is 6.10. The number of hydrogen-bond donors (Lipinski definition) is 1. The zero-order chi connectivity index (χ0) is 11.5. The van der Waals surface area contributed by atoms with Gasteiger partial charge in [-0.05, 0) is 50.7 Å². The fraction of sp³-hybridized carbons (Fsp3) is 0.571. The molecule has 0 spiro atoms. The van der Waals surface area contributed by atoms with Gasteiger partial charge in [-0.2, -0.15) is 0 Å². The zero-order valence-corrected chi connectivity index (χ0v) is 10.0. The van der Waals surface area contributed by atoms with Gasteiger partial charge in [0.1, 0.15) is 5.75 Å². The van der Waals surface area contributed by atoms with Crippen LogP contribution < -0.4 is 4.74 Å². The number of aliphatic hydroxyl groups excluding tert-OH is 1. The van der Waals surface area contributed by atoms with Crippen LogP contribution in [0.5, 0.6) is 5.75 Å². The topological polar surface area (TPSA) is 29.5 Å². The summed E-state index contributed by atoms with van der Waals surface area (Å²) >= 11 is 0. The van der Waals surface area contributed by atoms with Crippen molar-refractivity contribution in [3.05, 3.63) is 29.8 Å². The Morgan fingerprint density at radius 3 is 2.62 bits per heavy atom. The van der Waals surface area contributed by atoms with E-state index in [0.717, 1.165) is 25.0 Å². The number of rotatable bonds is 3. The Kier molecular flexibility index (Phi) is 3.49. The van der Waals surface area contributed by atoms with Crippen molar-refractivity contribution in [2.24, 2.45) is 0 Å². The highest BCUT2D eigenvalue weighted by molar-refractivity contribution is 5.37. The van der Waals surface area contributed by atoms with Crippen molar-refractivity contribution in [2.75, 3.05) is 0 Å². The van der Waals surface area contributed by atoms with Crippen LogP contribution in [0.2, 0.25) is 0 Å². The minimum atomic E-state index is -0.128. The fourth-order valence-corrected chi connectivity index (χ4v) is 2.42. The van der Waals surface area contributed by atoms with E-state index >= 15 is 0 Å². The molecule has 2 unspecified atom stereocenters. The molecule has 88 valence electrons. The largest absolute Gasteiger partial charge is 0.491 e. The van der Waals surface area contributed by atoms with Crippen LogP contribution in [0.3, 0.4) is 0 Å². The second-order valence-electron chi connectivity index (χ2n) is 4.87. The van der Waals surface area contributed by atoms with Gasteiger partial charge in [0.25, 0.3) is 0 Å².